The van der Waals surface area contributed by atoms with Crippen molar-refractivity contribution in [2.24, 2.45) is 0 Å². The largest absolute Gasteiger partial charge is 0.394 e. The first-order chi connectivity index (χ1) is 6.56. The summed E-state index contributed by atoms with van der Waals surface area (Å²) < 4.78 is 0. The van der Waals surface area contributed by atoms with Crippen LogP contribution in [0.1, 0.15) is 13.8 Å². The number of aliphatic hydroxyl groups is 1. The zero-order valence-corrected chi connectivity index (χ0v) is 8.56. The summed E-state index contributed by atoms with van der Waals surface area (Å²) in [5.41, 5.74) is 0. The number of amides is 2. The van der Waals surface area contributed by atoms with E-state index in [4.69, 9.17) is 5.11 Å². The molecule has 5 nitrogen and oxygen atoms in total. The predicted octanol–water partition coefficient (Wildman–Crippen LogP) is -0.942. The zero-order valence-electron chi connectivity index (χ0n) is 8.56. The van der Waals surface area contributed by atoms with Gasteiger partial charge in [-0.1, -0.05) is 0 Å². The number of hydrogen-bond donors (Lipinski definition) is 1. The van der Waals surface area contributed by atoms with Crippen molar-refractivity contribution < 1.29 is 14.7 Å². The van der Waals surface area contributed by atoms with Crippen LogP contribution in [0.25, 0.3) is 0 Å². The second-order valence-corrected chi connectivity index (χ2v) is 3.51. The molecule has 1 rings (SSSR count). The summed E-state index contributed by atoms with van der Waals surface area (Å²) in [5, 5.41) is 9.08. The SMILES string of the molecule is CC(=O)N1CCN(C(C)=O)[C@@H](CO)C1. The minimum Gasteiger partial charge on any atom is -0.394 e. The number of nitrogens with zero attached hydrogens (tertiary/aromatic N) is 2. The van der Waals surface area contributed by atoms with Crippen molar-refractivity contribution in [1.29, 1.82) is 0 Å². The van der Waals surface area contributed by atoms with Gasteiger partial charge in [-0.3, -0.25) is 9.59 Å². The Labute approximate surface area is 83.3 Å². The van der Waals surface area contributed by atoms with Crippen LogP contribution in [0.4, 0.5) is 0 Å². The van der Waals surface area contributed by atoms with Crippen molar-refractivity contribution in [1.82, 2.24) is 9.80 Å². The normalized spacial score (nSPS) is 22.4. The topological polar surface area (TPSA) is 60.9 Å². The predicted molar refractivity (Wildman–Crippen MR) is 50.5 cm³/mol. The Morgan fingerprint density at radius 2 is 1.93 bits per heavy atom. The third-order valence-corrected chi connectivity index (χ3v) is 2.54. The van der Waals surface area contributed by atoms with E-state index in [1.165, 1.54) is 13.8 Å². The van der Waals surface area contributed by atoms with Gasteiger partial charge in [-0.05, 0) is 0 Å². The monoisotopic (exact) mass is 200 g/mol. The molecule has 2 amide bonds. The molecular formula is C9H16N2O3. The van der Waals surface area contributed by atoms with Crippen LogP contribution < -0.4 is 0 Å². The van der Waals surface area contributed by atoms with Crippen LogP contribution in [0.5, 0.6) is 0 Å². The molecule has 1 atom stereocenters. The van der Waals surface area contributed by atoms with Gasteiger partial charge in [-0.2, -0.15) is 0 Å². The summed E-state index contributed by atoms with van der Waals surface area (Å²) >= 11 is 0. The van der Waals surface area contributed by atoms with Gasteiger partial charge in [0.2, 0.25) is 11.8 Å². The van der Waals surface area contributed by atoms with Gasteiger partial charge in [-0.25, -0.2) is 0 Å². The van der Waals surface area contributed by atoms with Gasteiger partial charge in [0.15, 0.2) is 0 Å². The van der Waals surface area contributed by atoms with Crippen molar-refractivity contribution in [2.75, 3.05) is 26.2 Å². The van der Waals surface area contributed by atoms with Gasteiger partial charge in [-0.15, -0.1) is 0 Å². The Morgan fingerprint density at radius 1 is 1.29 bits per heavy atom. The molecule has 0 bridgehead atoms. The fourth-order valence-corrected chi connectivity index (χ4v) is 1.71. The molecule has 0 saturated carbocycles. The Morgan fingerprint density at radius 3 is 2.36 bits per heavy atom. The number of piperazine rings is 1. The molecule has 5 heteroatoms. The van der Waals surface area contributed by atoms with Gasteiger partial charge in [0.25, 0.3) is 0 Å². The number of hydrogen-bond acceptors (Lipinski definition) is 3. The van der Waals surface area contributed by atoms with E-state index in [1.807, 2.05) is 0 Å². The molecule has 0 aromatic rings. The molecule has 14 heavy (non-hydrogen) atoms. The molecule has 0 radical (unpaired) electrons. The quantitative estimate of drug-likeness (QED) is 0.594. The van der Waals surface area contributed by atoms with E-state index in [1.54, 1.807) is 9.80 Å². The molecule has 0 spiro atoms. The van der Waals surface area contributed by atoms with Crippen molar-refractivity contribution >= 4 is 11.8 Å². The van der Waals surface area contributed by atoms with Crippen LogP contribution in [0.2, 0.25) is 0 Å². The lowest BCUT2D eigenvalue weighted by Gasteiger charge is -2.39. The first-order valence-electron chi connectivity index (χ1n) is 4.70. The second kappa shape index (κ2) is 4.41. The van der Waals surface area contributed by atoms with Crippen LogP contribution in [0.3, 0.4) is 0 Å². The molecule has 1 heterocycles. The highest BCUT2D eigenvalue weighted by atomic mass is 16.3. The van der Waals surface area contributed by atoms with Crippen LogP contribution in [-0.2, 0) is 9.59 Å². The average Bonchev–Trinajstić information content (AvgIpc) is 2.16. The minimum atomic E-state index is -0.245. The van der Waals surface area contributed by atoms with Crippen LogP contribution in [0.15, 0.2) is 0 Å². The summed E-state index contributed by atoms with van der Waals surface area (Å²) in [6, 6.07) is -0.245. The molecule has 1 N–H and O–H groups in total. The number of rotatable bonds is 1. The molecule has 0 unspecified atom stereocenters. The fraction of sp³-hybridized carbons (Fsp3) is 0.778. The Kier molecular flexibility index (Phi) is 3.46. The van der Waals surface area contributed by atoms with Crippen molar-refractivity contribution in [2.45, 2.75) is 19.9 Å². The Balaban J connectivity index is 2.63. The third-order valence-electron chi connectivity index (χ3n) is 2.54. The molecule has 1 saturated heterocycles. The van der Waals surface area contributed by atoms with E-state index in [-0.39, 0.29) is 24.5 Å². The van der Waals surface area contributed by atoms with Crippen molar-refractivity contribution in [3.05, 3.63) is 0 Å². The Bertz CT molecular complexity index is 242. The maximum atomic E-state index is 11.2. The molecule has 0 aromatic heterocycles. The fourth-order valence-electron chi connectivity index (χ4n) is 1.71. The summed E-state index contributed by atoms with van der Waals surface area (Å²) in [7, 11) is 0. The summed E-state index contributed by atoms with van der Waals surface area (Å²) in [4.78, 5) is 25.5. The summed E-state index contributed by atoms with van der Waals surface area (Å²) in [5.74, 6) is -0.0566. The average molecular weight is 200 g/mol. The molecule has 1 aliphatic heterocycles. The van der Waals surface area contributed by atoms with Gasteiger partial charge in [0.05, 0.1) is 12.6 Å². The number of carbonyl (C=O) groups is 2. The number of aliphatic hydroxyl groups excluding tert-OH is 1. The lowest BCUT2D eigenvalue weighted by atomic mass is 10.1. The van der Waals surface area contributed by atoms with E-state index in [0.29, 0.717) is 19.6 Å². The summed E-state index contributed by atoms with van der Waals surface area (Å²) in [6.45, 7) is 4.39. The standard InChI is InChI=1S/C9H16N2O3/c1-7(13)10-3-4-11(8(2)14)9(5-10)6-12/h9,12H,3-6H2,1-2H3/t9-/m1/s1. The highest BCUT2D eigenvalue weighted by Gasteiger charge is 2.28. The van der Waals surface area contributed by atoms with E-state index in [0.717, 1.165) is 0 Å². The maximum Gasteiger partial charge on any atom is 0.219 e. The zero-order chi connectivity index (χ0) is 10.7. The molecule has 1 aliphatic rings. The third kappa shape index (κ3) is 2.23. The lowest BCUT2D eigenvalue weighted by molar-refractivity contribution is -0.141. The smallest absolute Gasteiger partial charge is 0.219 e. The lowest BCUT2D eigenvalue weighted by Crippen LogP contribution is -2.57. The van der Waals surface area contributed by atoms with E-state index >= 15 is 0 Å². The number of carbonyl (C=O) groups excluding carboxylic acids is 2. The highest BCUT2D eigenvalue weighted by Crippen LogP contribution is 2.09. The molecule has 80 valence electrons. The van der Waals surface area contributed by atoms with E-state index in [9.17, 15) is 9.59 Å². The van der Waals surface area contributed by atoms with Crippen LogP contribution in [-0.4, -0.2) is 59.0 Å². The van der Waals surface area contributed by atoms with E-state index in [2.05, 4.69) is 0 Å². The summed E-state index contributed by atoms with van der Waals surface area (Å²) in [6.07, 6.45) is 0. The molecular weight excluding hydrogens is 184 g/mol. The molecule has 1 fully saturated rings. The second-order valence-electron chi connectivity index (χ2n) is 3.51. The first-order valence-corrected chi connectivity index (χ1v) is 4.70. The van der Waals surface area contributed by atoms with Gasteiger partial charge in [0.1, 0.15) is 0 Å². The van der Waals surface area contributed by atoms with Gasteiger partial charge in [0, 0.05) is 33.5 Å². The molecule has 0 aliphatic carbocycles. The maximum absolute atomic E-state index is 11.2. The van der Waals surface area contributed by atoms with Crippen molar-refractivity contribution in [3.63, 3.8) is 0 Å². The van der Waals surface area contributed by atoms with Crippen LogP contribution >= 0.6 is 0 Å². The highest BCUT2D eigenvalue weighted by molar-refractivity contribution is 5.76. The van der Waals surface area contributed by atoms with Gasteiger partial charge >= 0.3 is 0 Å². The van der Waals surface area contributed by atoms with E-state index < -0.39 is 0 Å². The van der Waals surface area contributed by atoms with Crippen molar-refractivity contribution in [3.8, 4) is 0 Å². The molecule has 0 aromatic carbocycles. The van der Waals surface area contributed by atoms with Gasteiger partial charge < -0.3 is 14.9 Å². The Hall–Kier alpha value is -1.10. The minimum absolute atomic E-state index is 0.00773. The van der Waals surface area contributed by atoms with Crippen LogP contribution in [0, 0.1) is 0 Å². The first kappa shape index (κ1) is 11.0.